The molecule has 0 aliphatic carbocycles. The van der Waals surface area contributed by atoms with E-state index in [1.54, 1.807) is 0 Å². The molecule has 0 aliphatic heterocycles. The van der Waals surface area contributed by atoms with E-state index in [4.69, 9.17) is 50.2 Å². The van der Waals surface area contributed by atoms with E-state index in [9.17, 15) is 8.42 Å². The highest BCUT2D eigenvalue weighted by Crippen LogP contribution is 2.36. The first-order valence-corrected chi connectivity index (χ1v) is 9.03. The molecule has 0 amide bonds. The topological polar surface area (TPSA) is 43.4 Å². The van der Waals surface area contributed by atoms with Crippen molar-refractivity contribution in [3.8, 4) is 5.75 Å². The zero-order valence-corrected chi connectivity index (χ0v) is 13.8. The standard InChI is InChI=1S/C11H12Cl4O3S/c1-2-7(6-19(15,16)17)5-18-11-9(13)3-8(12)4-10(11)14/h3-4,7H,2,5-6H2,1H3. The fourth-order valence-corrected chi connectivity index (χ4v) is 3.79. The molecule has 0 spiro atoms. The third kappa shape index (κ3) is 5.96. The zero-order valence-electron chi connectivity index (χ0n) is 10.00. The van der Waals surface area contributed by atoms with E-state index in [0.717, 1.165) is 0 Å². The third-order valence-electron chi connectivity index (χ3n) is 2.44. The predicted octanol–water partition coefficient (Wildman–Crippen LogP) is 4.62. The van der Waals surface area contributed by atoms with E-state index in [1.807, 2.05) is 6.92 Å². The van der Waals surface area contributed by atoms with Crippen molar-refractivity contribution in [2.45, 2.75) is 13.3 Å². The van der Waals surface area contributed by atoms with Gasteiger partial charge in [-0.1, -0.05) is 41.7 Å². The lowest BCUT2D eigenvalue weighted by Crippen LogP contribution is -2.19. The van der Waals surface area contributed by atoms with E-state index >= 15 is 0 Å². The molecule has 0 aromatic heterocycles. The van der Waals surface area contributed by atoms with Crippen molar-refractivity contribution in [3.63, 3.8) is 0 Å². The molecule has 1 unspecified atom stereocenters. The van der Waals surface area contributed by atoms with Crippen molar-refractivity contribution in [3.05, 3.63) is 27.2 Å². The van der Waals surface area contributed by atoms with Crippen LogP contribution in [0.25, 0.3) is 0 Å². The second-order valence-corrected chi connectivity index (χ2v) is 8.06. The van der Waals surface area contributed by atoms with E-state index in [2.05, 4.69) is 0 Å². The first kappa shape index (κ1) is 17.2. The summed E-state index contributed by atoms with van der Waals surface area (Å²) in [5, 5.41) is 0.958. The Labute approximate surface area is 132 Å². The van der Waals surface area contributed by atoms with Gasteiger partial charge in [0.2, 0.25) is 9.05 Å². The number of benzene rings is 1. The molecule has 1 rings (SSSR count). The monoisotopic (exact) mass is 364 g/mol. The summed E-state index contributed by atoms with van der Waals surface area (Å²) in [6.45, 7) is 2.00. The maximum Gasteiger partial charge on any atom is 0.232 e. The summed E-state index contributed by atoms with van der Waals surface area (Å²) in [5.41, 5.74) is 0. The van der Waals surface area contributed by atoms with E-state index in [1.165, 1.54) is 12.1 Å². The maximum atomic E-state index is 11.0. The van der Waals surface area contributed by atoms with Crippen LogP contribution >= 0.6 is 45.5 Å². The van der Waals surface area contributed by atoms with Crippen LogP contribution in [0.1, 0.15) is 13.3 Å². The minimum Gasteiger partial charge on any atom is -0.490 e. The van der Waals surface area contributed by atoms with Crippen molar-refractivity contribution in [2.75, 3.05) is 12.4 Å². The first-order valence-electron chi connectivity index (χ1n) is 5.42. The van der Waals surface area contributed by atoms with Crippen molar-refractivity contribution in [1.82, 2.24) is 0 Å². The zero-order chi connectivity index (χ0) is 14.6. The molecule has 0 fully saturated rings. The fraction of sp³-hybridized carbons (Fsp3) is 0.455. The molecule has 1 atom stereocenters. The minimum atomic E-state index is -3.56. The van der Waals surface area contributed by atoms with Crippen molar-refractivity contribution >= 4 is 54.5 Å². The van der Waals surface area contributed by atoms with Crippen LogP contribution in [-0.2, 0) is 9.05 Å². The second kappa shape index (κ2) is 7.23. The van der Waals surface area contributed by atoms with Gasteiger partial charge in [-0.15, -0.1) is 0 Å². The lowest BCUT2D eigenvalue weighted by molar-refractivity contribution is 0.258. The highest BCUT2D eigenvalue weighted by Gasteiger charge is 2.18. The molecule has 3 nitrogen and oxygen atoms in total. The maximum absolute atomic E-state index is 11.0. The summed E-state index contributed by atoms with van der Waals surface area (Å²) < 4.78 is 27.5. The molecule has 0 bridgehead atoms. The van der Waals surface area contributed by atoms with Crippen LogP contribution in [0, 0.1) is 5.92 Å². The number of hydrogen-bond acceptors (Lipinski definition) is 3. The van der Waals surface area contributed by atoms with Crippen LogP contribution in [0.4, 0.5) is 0 Å². The summed E-state index contributed by atoms with van der Waals surface area (Å²) in [6, 6.07) is 3.01. The lowest BCUT2D eigenvalue weighted by Gasteiger charge is -2.16. The predicted molar refractivity (Wildman–Crippen MR) is 80.4 cm³/mol. The second-order valence-electron chi connectivity index (χ2n) is 3.99. The largest absolute Gasteiger partial charge is 0.490 e. The Bertz CT molecular complexity index is 522. The molecule has 1 aromatic carbocycles. The smallest absolute Gasteiger partial charge is 0.232 e. The van der Waals surface area contributed by atoms with Gasteiger partial charge in [0.25, 0.3) is 0 Å². The van der Waals surface area contributed by atoms with Gasteiger partial charge in [0.1, 0.15) is 0 Å². The molecule has 0 saturated heterocycles. The summed E-state index contributed by atoms with van der Waals surface area (Å²) in [5.74, 6) is -0.100. The highest BCUT2D eigenvalue weighted by molar-refractivity contribution is 8.13. The molecule has 8 heteroatoms. The van der Waals surface area contributed by atoms with Crippen LogP contribution in [0.5, 0.6) is 5.75 Å². The average molecular weight is 366 g/mol. The van der Waals surface area contributed by atoms with Crippen molar-refractivity contribution in [2.24, 2.45) is 5.92 Å². The Morgan fingerprint density at radius 3 is 2.16 bits per heavy atom. The Morgan fingerprint density at radius 1 is 1.21 bits per heavy atom. The van der Waals surface area contributed by atoms with Crippen LogP contribution in [0.15, 0.2) is 12.1 Å². The number of hydrogen-bond donors (Lipinski definition) is 0. The minimum absolute atomic E-state index is 0.156. The Hall–Kier alpha value is 0.130. The van der Waals surface area contributed by atoms with Gasteiger partial charge in [0.15, 0.2) is 5.75 Å². The molecular formula is C11H12Cl4O3S. The first-order chi connectivity index (χ1) is 8.73. The molecule has 0 saturated carbocycles. The SMILES string of the molecule is CCC(COc1c(Cl)cc(Cl)cc1Cl)CS(=O)(=O)Cl. The van der Waals surface area contributed by atoms with Gasteiger partial charge in [-0.3, -0.25) is 0 Å². The van der Waals surface area contributed by atoms with E-state index < -0.39 is 9.05 Å². The van der Waals surface area contributed by atoms with Crippen LogP contribution in [-0.4, -0.2) is 20.8 Å². The van der Waals surface area contributed by atoms with Crippen LogP contribution in [0.2, 0.25) is 15.1 Å². The molecule has 19 heavy (non-hydrogen) atoms. The molecule has 0 radical (unpaired) electrons. The van der Waals surface area contributed by atoms with Gasteiger partial charge in [-0.2, -0.15) is 0 Å². The molecule has 0 N–H and O–H groups in total. The molecule has 108 valence electrons. The summed E-state index contributed by atoms with van der Waals surface area (Å²) in [6.07, 6.45) is 0.606. The van der Waals surface area contributed by atoms with Gasteiger partial charge < -0.3 is 4.74 Å². The normalized spacial score (nSPS) is 13.3. The van der Waals surface area contributed by atoms with E-state index in [-0.39, 0.29) is 34.1 Å². The van der Waals surface area contributed by atoms with Crippen molar-refractivity contribution < 1.29 is 13.2 Å². The number of halogens is 4. The van der Waals surface area contributed by atoms with Crippen LogP contribution in [0.3, 0.4) is 0 Å². The summed E-state index contributed by atoms with van der Waals surface area (Å²) >= 11 is 17.7. The van der Waals surface area contributed by atoms with Gasteiger partial charge in [-0.05, 0) is 18.6 Å². The molecule has 1 aromatic rings. The van der Waals surface area contributed by atoms with Crippen LogP contribution < -0.4 is 4.74 Å². The molecule has 0 aliphatic rings. The molecular weight excluding hydrogens is 354 g/mol. The third-order valence-corrected chi connectivity index (χ3v) is 4.47. The Morgan fingerprint density at radius 2 is 1.74 bits per heavy atom. The average Bonchev–Trinajstić information content (AvgIpc) is 2.24. The van der Waals surface area contributed by atoms with Gasteiger partial charge in [-0.25, -0.2) is 8.42 Å². The summed E-state index contributed by atoms with van der Waals surface area (Å²) in [4.78, 5) is 0. The van der Waals surface area contributed by atoms with E-state index in [0.29, 0.717) is 11.4 Å². The number of rotatable bonds is 6. The van der Waals surface area contributed by atoms with Gasteiger partial charge in [0, 0.05) is 21.6 Å². The molecule has 0 heterocycles. The Balaban J connectivity index is 2.76. The van der Waals surface area contributed by atoms with Gasteiger partial charge >= 0.3 is 0 Å². The number of ether oxygens (including phenoxy) is 1. The van der Waals surface area contributed by atoms with Crippen molar-refractivity contribution in [1.29, 1.82) is 0 Å². The fourth-order valence-electron chi connectivity index (χ4n) is 1.43. The van der Waals surface area contributed by atoms with Gasteiger partial charge in [0.05, 0.1) is 22.4 Å². The highest BCUT2D eigenvalue weighted by atomic mass is 35.7. The quantitative estimate of drug-likeness (QED) is 0.690. The summed E-state index contributed by atoms with van der Waals surface area (Å²) in [7, 11) is 1.66. The Kier molecular flexibility index (Phi) is 6.54. The lowest BCUT2D eigenvalue weighted by atomic mass is 10.1.